The summed E-state index contributed by atoms with van der Waals surface area (Å²) in [7, 11) is 0. The lowest BCUT2D eigenvalue weighted by atomic mass is 10.2. The summed E-state index contributed by atoms with van der Waals surface area (Å²) in [5.74, 6) is 2.95. The van der Waals surface area contributed by atoms with Crippen LogP contribution in [-0.4, -0.2) is 10.8 Å². The highest BCUT2D eigenvalue weighted by atomic mass is 19.1. The van der Waals surface area contributed by atoms with Crippen molar-refractivity contribution < 1.29 is 14.1 Å². The number of carbonyl (C=O) groups excluding carboxylic acids is 1. The van der Waals surface area contributed by atoms with Gasteiger partial charge in [0.2, 0.25) is 0 Å². The molecule has 0 heterocycles. The zero-order valence-electron chi connectivity index (χ0n) is 6.86. The van der Waals surface area contributed by atoms with Crippen LogP contribution in [0.4, 0.5) is 10.1 Å². The van der Waals surface area contributed by atoms with Crippen LogP contribution in [0.25, 0.3) is 0 Å². The Labute approximate surface area is 77.6 Å². The Balaban J connectivity index is 3.14. The number of nitrogen functional groups attached to an aromatic ring is 1. The molecule has 0 saturated carbocycles. The van der Waals surface area contributed by atoms with E-state index >= 15 is 0 Å². The number of nitro benzene ring substituents is 1. The predicted molar refractivity (Wildman–Crippen MR) is 44.7 cm³/mol. The van der Waals surface area contributed by atoms with Crippen LogP contribution in [0, 0.1) is 15.9 Å². The molecule has 0 saturated heterocycles. The number of rotatable bonds is 2. The van der Waals surface area contributed by atoms with E-state index in [2.05, 4.69) is 0 Å². The van der Waals surface area contributed by atoms with E-state index in [1.165, 1.54) is 0 Å². The first-order chi connectivity index (χ1) is 6.56. The number of benzene rings is 1. The molecule has 3 N–H and O–H groups in total. The minimum atomic E-state index is -0.984. The second-order valence-corrected chi connectivity index (χ2v) is 2.39. The fourth-order valence-electron chi connectivity index (χ4n) is 0.879. The molecule has 1 aromatic carbocycles. The molecule has 6 nitrogen and oxygen atoms in total. The summed E-state index contributed by atoms with van der Waals surface area (Å²) < 4.78 is 13.0. The number of nitrogens with zero attached hydrogens (tertiary/aromatic N) is 1. The zero-order valence-corrected chi connectivity index (χ0v) is 6.86. The van der Waals surface area contributed by atoms with E-state index in [0.717, 1.165) is 12.1 Å². The number of non-ortho nitro benzene ring substituents is 1. The Kier molecular flexibility index (Phi) is 2.73. The van der Waals surface area contributed by atoms with E-state index in [9.17, 15) is 19.3 Å². The molecule has 14 heavy (non-hydrogen) atoms. The van der Waals surface area contributed by atoms with Crippen molar-refractivity contribution in [2.75, 3.05) is 0 Å². The largest absolute Gasteiger partial charge is 0.290 e. The van der Waals surface area contributed by atoms with Crippen LogP contribution in [-0.2, 0) is 0 Å². The number of carbonyl (C=O) groups is 1. The molecule has 0 bridgehead atoms. The van der Waals surface area contributed by atoms with Crippen LogP contribution in [0.15, 0.2) is 18.2 Å². The molecule has 0 aromatic heterocycles. The topological polar surface area (TPSA) is 98.3 Å². The molecule has 0 spiro atoms. The summed E-state index contributed by atoms with van der Waals surface area (Å²) in [6.07, 6.45) is 0. The predicted octanol–water partition coefficient (Wildman–Crippen LogP) is 0.337. The van der Waals surface area contributed by atoms with Crippen LogP contribution in [0.5, 0.6) is 0 Å². The molecule has 0 aliphatic heterocycles. The van der Waals surface area contributed by atoms with Gasteiger partial charge in [-0.05, 0) is 6.07 Å². The molecule has 74 valence electrons. The van der Waals surface area contributed by atoms with Crippen LogP contribution >= 0.6 is 0 Å². The van der Waals surface area contributed by atoms with E-state index in [4.69, 9.17) is 5.84 Å². The molecule has 0 aliphatic rings. The lowest BCUT2D eigenvalue weighted by molar-refractivity contribution is -0.385. The molecule has 0 unspecified atom stereocenters. The summed E-state index contributed by atoms with van der Waals surface area (Å²) in [4.78, 5) is 20.3. The van der Waals surface area contributed by atoms with Crippen LogP contribution < -0.4 is 11.3 Å². The van der Waals surface area contributed by atoms with Crippen molar-refractivity contribution in [1.29, 1.82) is 0 Å². The van der Waals surface area contributed by atoms with Gasteiger partial charge >= 0.3 is 0 Å². The van der Waals surface area contributed by atoms with Crippen LogP contribution in [0.3, 0.4) is 0 Å². The number of nitro groups is 1. The van der Waals surface area contributed by atoms with E-state index in [1.54, 1.807) is 5.43 Å². The molecule has 1 aromatic rings. The van der Waals surface area contributed by atoms with Gasteiger partial charge in [-0.3, -0.25) is 20.3 Å². The van der Waals surface area contributed by atoms with Gasteiger partial charge in [0.1, 0.15) is 5.82 Å². The van der Waals surface area contributed by atoms with Gasteiger partial charge in [-0.25, -0.2) is 10.2 Å². The van der Waals surface area contributed by atoms with Gasteiger partial charge < -0.3 is 0 Å². The zero-order chi connectivity index (χ0) is 10.7. The van der Waals surface area contributed by atoms with Gasteiger partial charge in [-0.2, -0.15) is 0 Å². The summed E-state index contributed by atoms with van der Waals surface area (Å²) in [5.41, 5.74) is 0.967. The van der Waals surface area contributed by atoms with Gasteiger partial charge in [-0.15, -0.1) is 0 Å². The van der Waals surface area contributed by atoms with Gasteiger partial charge in [0.25, 0.3) is 11.6 Å². The average molecular weight is 199 g/mol. The Morgan fingerprint density at radius 2 is 2.21 bits per heavy atom. The number of hydrogen-bond donors (Lipinski definition) is 2. The van der Waals surface area contributed by atoms with Crippen molar-refractivity contribution in [2.24, 2.45) is 5.84 Å². The third-order valence-electron chi connectivity index (χ3n) is 1.54. The number of halogens is 1. The highest BCUT2D eigenvalue weighted by Gasteiger charge is 2.14. The summed E-state index contributed by atoms with van der Waals surface area (Å²) in [6, 6.07) is 2.67. The lowest BCUT2D eigenvalue weighted by Crippen LogP contribution is -2.30. The highest BCUT2D eigenvalue weighted by molar-refractivity contribution is 5.94. The van der Waals surface area contributed by atoms with Gasteiger partial charge in [-0.1, -0.05) is 0 Å². The van der Waals surface area contributed by atoms with Gasteiger partial charge in [0.15, 0.2) is 0 Å². The number of amides is 1. The van der Waals surface area contributed by atoms with E-state index in [1.807, 2.05) is 0 Å². The monoisotopic (exact) mass is 199 g/mol. The Morgan fingerprint density at radius 3 is 2.64 bits per heavy atom. The second kappa shape index (κ2) is 3.79. The van der Waals surface area contributed by atoms with Crippen LogP contribution in [0.2, 0.25) is 0 Å². The van der Waals surface area contributed by atoms with Crippen molar-refractivity contribution in [3.8, 4) is 0 Å². The fraction of sp³-hybridized carbons (Fsp3) is 0. The maximum absolute atomic E-state index is 13.0. The number of hydrogen-bond acceptors (Lipinski definition) is 4. The molecule has 7 heteroatoms. The molecule has 0 fully saturated rings. The second-order valence-electron chi connectivity index (χ2n) is 2.39. The molecular formula is C7H6FN3O3. The quantitative estimate of drug-likeness (QED) is 0.310. The van der Waals surface area contributed by atoms with Crippen molar-refractivity contribution in [3.05, 3.63) is 39.7 Å². The van der Waals surface area contributed by atoms with Crippen molar-refractivity contribution in [3.63, 3.8) is 0 Å². The smallest absolute Gasteiger partial charge is 0.272 e. The summed E-state index contributed by atoms with van der Waals surface area (Å²) >= 11 is 0. The third kappa shape index (κ3) is 1.83. The van der Waals surface area contributed by atoms with Crippen molar-refractivity contribution in [1.82, 2.24) is 5.43 Å². The van der Waals surface area contributed by atoms with Crippen molar-refractivity contribution >= 4 is 11.6 Å². The Bertz CT molecular complexity index is 394. The van der Waals surface area contributed by atoms with Gasteiger partial charge in [0.05, 0.1) is 16.6 Å². The Hall–Kier alpha value is -2.02. The third-order valence-corrected chi connectivity index (χ3v) is 1.54. The van der Waals surface area contributed by atoms with E-state index in [-0.39, 0.29) is 5.56 Å². The standard InChI is InChI=1S/C7H6FN3O3/c8-6-3-4(11(13)14)1-2-5(6)7(12)10-9/h1-3H,9H2,(H,10,12). The first kappa shape index (κ1) is 10.1. The fourth-order valence-corrected chi connectivity index (χ4v) is 0.879. The maximum Gasteiger partial charge on any atom is 0.272 e. The maximum atomic E-state index is 13.0. The molecular weight excluding hydrogens is 193 g/mol. The SMILES string of the molecule is NNC(=O)c1ccc([N+](=O)[O-])cc1F. The number of nitrogens with two attached hydrogens (primary N) is 1. The van der Waals surface area contributed by atoms with Crippen LogP contribution in [0.1, 0.15) is 10.4 Å². The molecule has 1 amide bonds. The highest BCUT2D eigenvalue weighted by Crippen LogP contribution is 2.16. The molecule has 0 atom stereocenters. The lowest BCUT2D eigenvalue weighted by Gasteiger charge is -2.00. The van der Waals surface area contributed by atoms with E-state index < -0.39 is 22.3 Å². The van der Waals surface area contributed by atoms with Gasteiger partial charge in [0, 0.05) is 6.07 Å². The minimum absolute atomic E-state index is 0.335. The normalized spacial score (nSPS) is 9.57. The summed E-state index contributed by atoms with van der Waals surface area (Å²) in [6.45, 7) is 0. The minimum Gasteiger partial charge on any atom is -0.290 e. The average Bonchev–Trinajstić information content (AvgIpc) is 2.16. The first-order valence-corrected chi connectivity index (χ1v) is 3.51. The Morgan fingerprint density at radius 1 is 1.57 bits per heavy atom. The molecule has 0 radical (unpaired) electrons. The number of nitrogens with one attached hydrogen (secondary N) is 1. The van der Waals surface area contributed by atoms with Crippen molar-refractivity contribution in [2.45, 2.75) is 0 Å². The molecule has 0 aliphatic carbocycles. The molecule has 1 rings (SSSR count). The summed E-state index contributed by atoms with van der Waals surface area (Å²) in [5, 5.41) is 10.2. The number of hydrazine groups is 1. The first-order valence-electron chi connectivity index (χ1n) is 3.51. The van der Waals surface area contributed by atoms with E-state index in [0.29, 0.717) is 6.07 Å².